The summed E-state index contributed by atoms with van der Waals surface area (Å²) >= 11 is 0. The first-order chi connectivity index (χ1) is 13.7. The molecule has 0 aliphatic carbocycles. The molecule has 1 atom stereocenters. The normalized spacial score (nSPS) is 16.1. The van der Waals surface area contributed by atoms with E-state index in [1.807, 2.05) is 24.3 Å². The van der Waals surface area contributed by atoms with Crippen molar-refractivity contribution in [3.63, 3.8) is 0 Å². The number of rotatable bonds is 6. The molecule has 1 aliphatic heterocycles. The Morgan fingerprint density at radius 1 is 1.36 bits per heavy atom. The molecule has 1 aliphatic rings. The molecule has 2 amide bonds. The number of methoxy groups -OCH3 is 1. The van der Waals surface area contributed by atoms with Gasteiger partial charge in [-0.3, -0.25) is 0 Å². The molecule has 28 heavy (non-hydrogen) atoms. The molecule has 2 heterocycles. The van der Waals surface area contributed by atoms with Crippen LogP contribution in [0.25, 0.3) is 0 Å². The van der Waals surface area contributed by atoms with Gasteiger partial charge in [0.2, 0.25) is 5.88 Å². The van der Waals surface area contributed by atoms with Crippen LogP contribution >= 0.6 is 0 Å². The first-order valence-corrected chi connectivity index (χ1v) is 9.36. The second-order valence-corrected chi connectivity index (χ2v) is 6.65. The molecule has 1 aromatic carbocycles. The number of pyridine rings is 1. The average molecular weight is 380 g/mol. The van der Waals surface area contributed by atoms with Crippen LogP contribution < -0.4 is 14.8 Å². The molecule has 0 radical (unpaired) electrons. The van der Waals surface area contributed by atoms with Crippen LogP contribution in [0.5, 0.6) is 11.6 Å². The molecule has 7 nitrogen and oxygen atoms in total. The molecule has 7 heteroatoms. The van der Waals surface area contributed by atoms with Crippen LogP contribution in [0.15, 0.2) is 42.6 Å². The van der Waals surface area contributed by atoms with Crippen LogP contribution in [0.2, 0.25) is 0 Å². The summed E-state index contributed by atoms with van der Waals surface area (Å²) in [7, 11) is 1.64. The average Bonchev–Trinajstić information content (AvgIpc) is 2.74. The van der Waals surface area contributed by atoms with Gasteiger partial charge < -0.3 is 19.7 Å². The Morgan fingerprint density at radius 2 is 2.18 bits per heavy atom. The maximum Gasteiger partial charge on any atom is 0.317 e. The fraction of sp³-hybridized carbons (Fsp3) is 0.381. The maximum absolute atomic E-state index is 12.5. The number of nitriles is 1. The molecule has 1 aromatic heterocycles. The van der Waals surface area contributed by atoms with E-state index in [0.717, 1.165) is 30.6 Å². The minimum absolute atomic E-state index is 0.0828. The van der Waals surface area contributed by atoms with Crippen molar-refractivity contribution in [1.82, 2.24) is 15.2 Å². The number of piperidine rings is 1. The van der Waals surface area contributed by atoms with Crippen molar-refractivity contribution in [1.29, 1.82) is 5.26 Å². The van der Waals surface area contributed by atoms with Crippen LogP contribution in [0.4, 0.5) is 4.79 Å². The van der Waals surface area contributed by atoms with E-state index in [4.69, 9.17) is 14.7 Å². The zero-order chi connectivity index (χ0) is 19.8. The smallest absolute Gasteiger partial charge is 0.317 e. The van der Waals surface area contributed by atoms with Crippen molar-refractivity contribution in [2.24, 2.45) is 0 Å². The first-order valence-electron chi connectivity index (χ1n) is 9.36. The van der Waals surface area contributed by atoms with Crippen LogP contribution in [0, 0.1) is 11.3 Å². The summed E-state index contributed by atoms with van der Waals surface area (Å²) in [5.41, 5.74) is 1.65. The zero-order valence-electron chi connectivity index (χ0n) is 15.9. The lowest BCUT2D eigenvalue weighted by Crippen LogP contribution is -2.49. The lowest BCUT2D eigenvalue weighted by atomic mass is 10.1. The third kappa shape index (κ3) is 5.36. The third-order valence-corrected chi connectivity index (χ3v) is 4.67. The standard InChI is InChI=1S/C21H24N4O3/c1-27-18-6-4-16(5-7-18)8-11-24-21(26)25-12-2-3-19(15-25)28-20-13-17(14-22)9-10-23-20/h4-7,9-10,13,19H,2-3,8,11-12,15H2,1H3,(H,24,26). The van der Waals surface area contributed by atoms with Crippen LogP contribution in [-0.2, 0) is 6.42 Å². The quantitative estimate of drug-likeness (QED) is 0.833. The van der Waals surface area contributed by atoms with Gasteiger partial charge in [0.05, 0.1) is 25.3 Å². The number of ether oxygens (including phenoxy) is 2. The number of aromatic nitrogens is 1. The Hall–Kier alpha value is -3.27. The van der Waals surface area contributed by atoms with Gasteiger partial charge in [-0.15, -0.1) is 0 Å². The second kappa shape index (κ2) is 9.60. The summed E-state index contributed by atoms with van der Waals surface area (Å²) in [5, 5.41) is 11.9. The van der Waals surface area contributed by atoms with E-state index in [0.29, 0.717) is 31.1 Å². The van der Waals surface area contributed by atoms with Crippen molar-refractivity contribution in [2.75, 3.05) is 26.7 Å². The van der Waals surface area contributed by atoms with E-state index < -0.39 is 0 Å². The summed E-state index contributed by atoms with van der Waals surface area (Å²) in [6, 6.07) is 13.1. The molecule has 1 fully saturated rings. The Morgan fingerprint density at radius 3 is 2.93 bits per heavy atom. The third-order valence-electron chi connectivity index (χ3n) is 4.67. The number of likely N-dealkylation sites (tertiary alicyclic amines) is 1. The van der Waals surface area contributed by atoms with Crippen LogP contribution in [0.1, 0.15) is 24.0 Å². The monoisotopic (exact) mass is 380 g/mol. The van der Waals surface area contributed by atoms with Gasteiger partial charge in [0.25, 0.3) is 0 Å². The number of nitrogens with zero attached hydrogens (tertiary/aromatic N) is 3. The molecule has 1 N–H and O–H groups in total. The fourth-order valence-electron chi connectivity index (χ4n) is 3.15. The number of nitrogens with one attached hydrogen (secondary N) is 1. The van der Waals surface area contributed by atoms with Gasteiger partial charge in [-0.05, 0) is 43.0 Å². The number of carbonyl (C=O) groups excluding carboxylic acids is 1. The second-order valence-electron chi connectivity index (χ2n) is 6.65. The highest BCUT2D eigenvalue weighted by Crippen LogP contribution is 2.18. The number of benzene rings is 1. The molecule has 146 valence electrons. The maximum atomic E-state index is 12.5. The predicted molar refractivity (Wildman–Crippen MR) is 104 cm³/mol. The molecule has 1 unspecified atom stereocenters. The lowest BCUT2D eigenvalue weighted by Gasteiger charge is -2.32. The van der Waals surface area contributed by atoms with Gasteiger partial charge in [0, 0.05) is 25.4 Å². The fourth-order valence-corrected chi connectivity index (χ4v) is 3.15. The summed E-state index contributed by atoms with van der Waals surface area (Å²) in [5.74, 6) is 1.24. The van der Waals surface area contributed by atoms with E-state index in [1.54, 1.807) is 30.3 Å². The van der Waals surface area contributed by atoms with Crippen molar-refractivity contribution in [3.8, 4) is 17.7 Å². The number of hydrogen-bond acceptors (Lipinski definition) is 5. The van der Waals surface area contributed by atoms with Crippen molar-refractivity contribution in [3.05, 3.63) is 53.7 Å². The van der Waals surface area contributed by atoms with E-state index in [2.05, 4.69) is 16.4 Å². The van der Waals surface area contributed by atoms with E-state index in [-0.39, 0.29) is 12.1 Å². The summed E-state index contributed by atoms with van der Waals surface area (Å²) in [4.78, 5) is 18.4. The highest BCUT2D eigenvalue weighted by Gasteiger charge is 2.25. The van der Waals surface area contributed by atoms with Gasteiger partial charge in [0.1, 0.15) is 11.9 Å². The Bertz CT molecular complexity index is 832. The van der Waals surface area contributed by atoms with Crippen LogP contribution in [0.3, 0.4) is 0 Å². The number of hydrogen-bond donors (Lipinski definition) is 1. The Labute approximate surface area is 164 Å². The van der Waals surface area contributed by atoms with Gasteiger partial charge in [-0.2, -0.15) is 5.26 Å². The van der Waals surface area contributed by atoms with Gasteiger partial charge in [-0.1, -0.05) is 12.1 Å². The van der Waals surface area contributed by atoms with Gasteiger partial charge >= 0.3 is 6.03 Å². The molecule has 2 aromatic rings. The van der Waals surface area contributed by atoms with Crippen molar-refractivity contribution < 1.29 is 14.3 Å². The van der Waals surface area contributed by atoms with Crippen LogP contribution in [-0.4, -0.2) is 48.8 Å². The molecule has 1 saturated heterocycles. The topological polar surface area (TPSA) is 87.5 Å². The first kappa shape index (κ1) is 19.5. The minimum atomic E-state index is -0.123. The number of urea groups is 1. The predicted octanol–water partition coefficient (Wildman–Crippen LogP) is 2.76. The number of amides is 2. The summed E-state index contributed by atoms with van der Waals surface area (Å²) in [6.07, 6.45) is 3.92. The summed E-state index contributed by atoms with van der Waals surface area (Å²) in [6.45, 7) is 1.78. The summed E-state index contributed by atoms with van der Waals surface area (Å²) < 4.78 is 11.0. The molecular formula is C21H24N4O3. The SMILES string of the molecule is COc1ccc(CCNC(=O)N2CCCC(Oc3cc(C#N)ccn3)C2)cc1. The van der Waals surface area contributed by atoms with Gasteiger partial charge in [-0.25, -0.2) is 9.78 Å². The van der Waals surface area contributed by atoms with E-state index in [9.17, 15) is 4.79 Å². The molecular weight excluding hydrogens is 356 g/mol. The molecule has 3 rings (SSSR count). The van der Waals surface area contributed by atoms with E-state index in [1.165, 1.54) is 0 Å². The van der Waals surface area contributed by atoms with E-state index >= 15 is 0 Å². The Balaban J connectivity index is 1.46. The highest BCUT2D eigenvalue weighted by atomic mass is 16.5. The molecule has 0 saturated carbocycles. The van der Waals surface area contributed by atoms with Crippen molar-refractivity contribution in [2.45, 2.75) is 25.4 Å². The van der Waals surface area contributed by atoms with Gasteiger partial charge in [0.15, 0.2) is 0 Å². The molecule has 0 spiro atoms. The highest BCUT2D eigenvalue weighted by molar-refractivity contribution is 5.74. The largest absolute Gasteiger partial charge is 0.497 e. The number of carbonyl (C=O) groups is 1. The van der Waals surface area contributed by atoms with Crippen molar-refractivity contribution >= 4 is 6.03 Å². The lowest BCUT2D eigenvalue weighted by molar-refractivity contribution is 0.0979. The molecule has 0 bridgehead atoms. The zero-order valence-corrected chi connectivity index (χ0v) is 15.9. The minimum Gasteiger partial charge on any atom is -0.497 e. The Kier molecular flexibility index (Phi) is 6.68.